The van der Waals surface area contributed by atoms with Crippen LogP contribution in [-0.4, -0.2) is 20.0 Å². The van der Waals surface area contributed by atoms with E-state index in [-0.39, 0.29) is 0 Å². The van der Waals surface area contributed by atoms with Gasteiger partial charge in [0.25, 0.3) is 0 Å². The third kappa shape index (κ3) is 1.39. The van der Waals surface area contributed by atoms with Crippen molar-refractivity contribution in [1.82, 2.24) is 14.8 Å². The van der Waals surface area contributed by atoms with Crippen LogP contribution in [0.1, 0.15) is 38.1 Å². The maximum Gasteiger partial charge on any atom is 0.222 e. The Morgan fingerprint density at radius 2 is 2.00 bits per heavy atom. The molecule has 2 N–H and O–H groups in total. The second kappa shape index (κ2) is 3.15. The second-order valence-corrected chi connectivity index (χ2v) is 5.38. The third-order valence-corrected chi connectivity index (χ3v) is 4.22. The summed E-state index contributed by atoms with van der Waals surface area (Å²) in [6, 6.07) is 0.590. The lowest BCUT2D eigenvalue weighted by atomic mass is 10.0. The number of aromatic nitrogens is 3. The van der Waals surface area contributed by atoms with E-state index < -0.39 is 0 Å². The van der Waals surface area contributed by atoms with Crippen LogP contribution < -0.4 is 5.73 Å². The number of nitrogen functional groups attached to an aromatic ring is 1. The lowest BCUT2D eigenvalue weighted by Gasteiger charge is -2.23. The maximum absolute atomic E-state index is 5.79. The number of nitrogens with zero attached hydrogens (tertiary/aromatic N) is 3. The Labute approximate surface area is 87.3 Å². The minimum atomic E-state index is 0.590. The Hall–Kier alpha value is -0.710. The molecule has 2 aliphatic carbocycles. The van der Waals surface area contributed by atoms with Gasteiger partial charge in [0.1, 0.15) is 0 Å². The Morgan fingerprint density at radius 3 is 2.57 bits per heavy atom. The van der Waals surface area contributed by atoms with Crippen molar-refractivity contribution >= 4 is 17.7 Å². The molecule has 1 aromatic rings. The van der Waals surface area contributed by atoms with Gasteiger partial charge in [-0.15, -0.1) is 10.2 Å². The molecule has 1 aromatic heterocycles. The van der Waals surface area contributed by atoms with Crippen molar-refractivity contribution in [2.24, 2.45) is 0 Å². The molecule has 0 radical (unpaired) electrons. The van der Waals surface area contributed by atoms with E-state index in [0.717, 1.165) is 10.4 Å². The van der Waals surface area contributed by atoms with Crippen molar-refractivity contribution in [3.63, 3.8) is 0 Å². The highest BCUT2D eigenvalue weighted by molar-refractivity contribution is 7.99. The molecule has 0 saturated heterocycles. The molecule has 2 saturated carbocycles. The minimum absolute atomic E-state index is 0.590. The van der Waals surface area contributed by atoms with Gasteiger partial charge < -0.3 is 5.73 Å². The first-order chi connectivity index (χ1) is 6.84. The van der Waals surface area contributed by atoms with Gasteiger partial charge in [0.2, 0.25) is 5.95 Å². The van der Waals surface area contributed by atoms with Gasteiger partial charge >= 0.3 is 0 Å². The molecule has 4 nitrogen and oxygen atoms in total. The highest BCUT2D eigenvalue weighted by Crippen LogP contribution is 2.42. The molecule has 76 valence electrons. The Bertz CT molecular complexity index is 341. The summed E-state index contributed by atoms with van der Waals surface area (Å²) in [5.41, 5.74) is 5.79. The summed E-state index contributed by atoms with van der Waals surface area (Å²) >= 11 is 1.86. The first-order valence-electron chi connectivity index (χ1n) is 5.21. The van der Waals surface area contributed by atoms with Gasteiger partial charge in [0.15, 0.2) is 5.16 Å². The molecule has 2 aliphatic rings. The van der Waals surface area contributed by atoms with Crippen LogP contribution in [0.5, 0.6) is 0 Å². The number of hydrogen-bond acceptors (Lipinski definition) is 4. The predicted molar refractivity (Wildman–Crippen MR) is 56.2 cm³/mol. The summed E-state index contributed by atoms with van der Waals surface area (Å²) in [5, 5.41) is 9.91. The second-order valence-electron chi connectivity index (χ2n) is 4.11. The normalized spacial score (nSPS) is 22.3. The fourth-order valence-electron chi connectivity index (χ4n) is 1.68. The van der Waals surface area contributed by atoms with Crippen molar-refractivity contribution in [1.29, 1.82) is 0 Å². The number of hydrogen-bond donors (Lipinski definition) is 1. The molecule has 5 heteroatoms. The minimum Gasteiger partial charge on any atom is -0.368 e. The van der Waals surface area contributed by atoms with E-state index in [1.807, 2.05) is 11.8 Å². The molecular weight excluding hydrogens is 196 g/mol. The zero-order valence-electron chi connectivity index (χ0n) is 8.02. The summed E-state index contributed by atoms with van der Waals surface area (Å²) in [4.78, 5) is 0. The Kier molecular flexibility index (Phi) is 1.93. The van der Waals surface area contributed by atoms with Crippen LogP contribution in [0.25, 0.3) is 0 Å². The summed E-state index contributed by atoms with van der Waals surface area (Å²) in [5.74, 6) is 0.592. The highest BCUT2D eigenvalue weighted by Gasteiger charge is 2.30. The van der Waals surface area contributed by atoms with Crippen molar-refractivity contribution in [2.75, 3.05) is 5.73 Å². The van der Waals surface area contributed by atoms with Crippen LogP contribution >= 0.6 is 11.8 Å². The van der Waals surface area contributed by atoms with Crippen LogP contribution in [0.15, 0.2) is 5.16 Å². The number of rotatable bonds is 3. The zero-order chi connectivity index (χ0) is 9.54. The molecule has 0 unspecified atom stereocenters. The lowest BCUT2D eigenvalue weighted by Crippen LogP contribution is -2.14. The van der Waals surface area contributed by atoms with Gasteiger partial charge in [-0.1, -0.05) is 18.2 Å². The molecular formula is C9H14N4S. The first kappa shape index (κ1) is 8.59. The molecule has 2 fully saturated rings. The lowest BCUT2D eigenvalue weighted by molar-refractivity contribution is 0.518. The highest BCUT2D eigenvalue weighted by atomic mass is 32.2. The Morgan fingerprint density at radius 1 is 1.21 bits per heavy atom. The summed E-state index contributed by atoms with van der Waals surface area (Å²) in [6.45, 7) is 0. The van der Waals surface area contributed by atoms with E-state index in [1.165, 1.54) is 32.1 Å². The zero-order valence-corrected chi connectivity index (χ0v) is 8.83. The van der Waals surface area contributed by atoms with E-state index >= 15 is 0 Å². The van der Waals surface area contributed by atoms with Crippen molar-refractivity contribution < 1.29 is 0 Å². The van der Waals surface area contributed by atoms with Gasteiger partial charge in [0, 0.05) is 11.3 Å². The molecule has 14 heavy (non-hydrogen) atoms. The van der Waals surface area contributed by atoms with Crippen LogP contribution in [0.2, 0.25) is 0 Å². The fourth-order valence-corrected chi connectivity index (χ4v) is 2.99. The standard InChI is InChI=1S/C9H14N4S/c10-8-11-12-9(13(8)6-4-5-6)14-7-2-1-3-7/h6-7H,1-5H2,(H2,10,11). The van der Waals surface area contributed by atoms with Crippen LogP contribution in [0.3, 0.4) is 0 Å². The van der Waals surface area contributed by atoms with Crippen molar-refractivity contribution in [3.8, 4) is 0 Å². The number of thioether (sulfide) groups is 1. The topological polar surface area (TPSA) is 56.7 Å². The van der Waals surface area contributed by atoms with Gasteiger partial charge in [-0.25, -0.2) is 0 Å². The van der Waals surface area contributed by atoms with Crippen molar-refractivity contribution in [2.45, 2.75) is 48.6 Å². The molecule has 0 aromatic carbocycles. The molecule has 1 heterocycles. The Balaban J connectivity index is 1.81. The van der Waals surface area contributed by atoms with Gasteiger partial charge in [0.05, 0.1) is 0 Å². The van der Waals surface area contributed by atoms with E-state index in [9.17, 15) is 0 Å². The molecule has 0 aliphatic heterocycles. The van der Waals surface area contributed by atoms with Crippen LogP contribution in [-0.2, 0) is 0 Å². The number of nitrogens with two attached hydrogens (primary N) is 1. The average Bonchev–Trinajstić information content (AvgIpc) is 2.85. The molecule has 0 bridgehead atoms. The van der Waals surface area contributed by atoms with Crippen molar-refractivity contribution in [3.05, 3.63) is 0 Å². The third-order valence-electron chi connectivity index (χ3n) is 2.93. The molecule has 3 rings (SSSR count). The summed E-state index contributed by atoms with van der Waals surface area (Å²) < 4.78 is 2.11. The fraction of sp³-hybridized carbons (Fsp3) is 0.778. The summed E-state index contributed by atoms with van der Waals surface area (Å²) in [6.07, 6.45) is 6.48. The van der Waals surface area contributed by atoms with E-state index in [0.29, 0.717) is 12.0 Å². The van der Waals surface area contributed by atoms with Gasteiger partial charge in [-0.2, -0.15) is 0 Å². The van der Waals surface area contributed by atoms with Crippen LogP contribution in [0, 0.1) is 0 Å². The molecule has 0 atom stereocenters. The molecule has 0 spiro atoms. The van der Waals surface area contributed by atoms with Gasteiger partial charge in [-0.3, -0.25) is 4.57 Å². The average molecular weight is 210 g/mol. The van der Waals surface area contributed by atoms with E-state index in [1.54, 1.807) is 0 Å². The number of anilines is 1. The smallest absolute Gasteiger partial charge is 0.222 e. The first-order valence-corrected chi connectivity index (χ1v) is 6.09. The predicted octanol–water partition coefficient (Wildman–Crippen LogP) is 1.84. The van der Waals surface area contributed by atoms with Crippen LogP contribution in [0.4, 0.5) is 5.95 Å². The van der Waals surface area contributed by atoms with E-state index in [2.05, 4.69) is 14.8 Å². The SMILES string of the molecule is Nc1nnc(SC2CCC2)n1C1CC1. The largest absolute Gasteiger partial charge is 0.368 e. The molecule has 0 amide bonds. The maximum atomic E-state index is 5.79. The quantitative estimate of drug-likeness (QED) is 0.827. The van der Waals surface area contributed by atoms with Gasteiger partial charge in [-0.05, 0) is 25.7 Å². The van der Waals surface area contributed by atoms with E-state index in [4.69, 9.17) is 5.73 Å². The monoisotopic (exact) mass is 210 g/mol. The summed E-state index contributed by atoms with van der Waals surface area (Å²) in [7, 11) is 0.